The summed E-state index contributed by atoms with van der Waals surface area (Å²) in [6.07, 6.45) is 13.9. The Labute approximate surface area is 124 Å². The van der Waals surface area contributed by atoms with Gasteiger partial charge < -0.3 is 5.73 Å². The minimum Gasteiger partial charge on any atom is -0.330 e. The van der Waals surface area contributed by atoms with Crippen LogP contribution < -0.4 is 5.73 Å². The molecule has 0 bridgehead atoms. The fourth-order valence-electron chi connectivity index (χ4n) is 1.69. The summed E-state index contributed by atoms with van der Waals surface area (Å²) in [6, 6.07) is 0. The molecular weight excluding hydrogens is 300 g/mol. The van der Waals surface area contributed by atoms with Gasteiger partial charge in [0.25, 0.3) is 0 Å². The molecule has 6 nitrogen and oxygen atoms in total. The average molecular weight is 329 g/mol. The second-order valence-corrected chi connectivity index (χ2v) is 6.13. The fraction of sp³-hybridized carbons (Fsp3) is 1.00. The number of rotatable bonds is 12. The summed E-state index contributed by atoms with van der Waals surface area (Å²) in [5.41, 5.74) is 5.42. The third-order valence-electron chi connectivity index (χ3n) is 2.70. The molecule has 0 fully saturated rings. The minimum absolute atomic E-state index is 0.872. The van der Waals surface area contributed by atoms with E-state index in [0.717, 1.165) is 6.54 Å². The lowest BCUT2D eigenvalue weighted by atomic mass is 10.1. The van der Waals surface area contributed by atoms with Crippen molar-refractivity contribution in [3.8, 4) is 0 Å². The first-order valence-corrected chi connectivity index (χ1v) is 9.51. The van der Waals surface area contributed by atoms with E-state index in [1.807, 2.05) is 0 Å². The van der Waals surface area contributed by atoms with Gasteiger partial charge in [-0.25, -0.2) is 0 Å². The molecule has 0 saturated heterocycles. The highest BCUT2D eigenvalue weighted by Crippen LogP contribution is 2.30. The molecule has 0 radical (unpaired) electrons. The van der Waals surface area contributed by atoms with Crippen molar-refractivity contribution in [2.75, 3.05) is 6.54 Å². The van der Waals surface area contributed by atoms with Crippen molar-refractivity contribution in [1.82, 2.24) is 0 Å². The lowest BCUT2D eigenvalue weighted by molar-refractivity contribution is 0.371. The number of unbranched alkanes of at least 4 members (excludes halogenated alkanes) is 9. The quantitative estimate of drug-likeness (QED) is 0.366. The van der Waals surface area contributed by atoms with E-state index < -0.39 is 16.5 Å². The highest BCUT2D eigenvalue weighted by atomic mass is 31.2. The van der Waals surface area contributed by atoms with Crippen LogP contribution in [0.4, 0.5) is 0 Å². The van der Waals surface area contributed by atoms with Gasteiger partial charge in [0.1, 0.15) is 0 Å². The van der Waals surface area contributed by atoms with Crippen LogP contribution in [-0.2, 0) is 13.4 Å². The van der Waals surface area contributed by atoms with Gasteiger partial charge in [-0.15, -0.1) is 9.79 Å². The molecule has 0 aromatic heterocycles. The maximum Gasteiger partial charge on any atom is 0.745 e. The molecule has 8 heteroatoms. The first-order valence-electron chi connectivity index (χ1n) is 7.25. The molecule has 0 spiro atoms. The highest BCUT2D eigenvalue weighted by Gasteiger charge is 2.31. The Hall–Kier alpha value is 0.0400. The van der Waals surface area contributed by atoms with E-state index in [4.69, 9.17) is 15.5 Å². The number of nitrogens with two attached hydrogens (primary N) is 1. The van der Waals surface area contributed by atoms with Crippen molar-refractivity contribution in [2.24, 2.45) is 5.73 Å². The lowest BCUT2D eigenvalue weighted by Gasteiger charge is -2.00. The molecule has 120 valence electrons. The summed E-state index contributed by atoms with van der Waals surface area (Å²) in [4.78, 5) is 15.3. The molecule has 0 aliphatic carbocycles. The van der Waals surface area contributed by atoms with Gasteiger partial charge in [0.15, 0.2) is 4.31 Å². The van der Waals surface area contributed by atoms with Crippen molar-refractivity contribution in [3.63, 3.8) is 0 Å². The Bertz CT molecular complexity index is 220. The molecule has 0 aliphatic heterocycles. The largest absolute Gasteiger partial charge is 0.745 e. The van der Waals surface area contributed by atoms with Crippen molar-refractivity contribution in [3.05, 3.63) is 0 Å². The molecule has 20 heavy (non-hydrogen) atoms. The van der Waals surface area contributed by atoms with Gasteiger partial charge in [-0.3, -0.25) is 0 Å². The van der Waals surface area contributed by atoms with Crippen LogP contribution in [0.2, 0.25) is 0 Å². The van der Waals surface area contributed by atoms with Gasteiger partial charge in [0, 0.05) is 9.13 Å². The molecule has 0 heterocycles. The zero-order valence-electron chi connectivity index (χ0n) is 12.4. The molecule has 0 aliphatic rings. The van der Waals surface area contributed by atoms with Gasteiger partial charge in [-0.2, -0.15) is 0 Å². The van der Waals surface area contributed by atoms with E-state index in [0.29, 0.717) is 0 Å². The highest BCUT2D eigenvalue weighted by molar-refractivity contribution is 7.46. The van der Waals surface area contributed by atoms with Gasteiger partial charge >= 0.3 is 16.5 Å². The predicted octanol–water partition coefficient (Wildman–Crippen LogP) is 4.17. The summed E-state index contributed by atoms with van der Waals surface area (Å²) in [5.74, 6) is 0. The van der Waals surface area contributed by atoms with E-state index in [9.17, 15) is 9.13 Å². The van der Waals surface area contributed by atoms with E-state index in [1.165, 1.54) is 64.2 Å². The van der Waals surface area contributed by atoms with Crippen LogP contribution in [0.1, 0.15) is 71.1 Å². The minimum atomic E-state index is -2.92. The van der Waals surface area contributed by atoms with Gasteiger partial charge in [0.2, 0.25) is 0 Å². The smallest absolute Gasteiger partial charge is 0.330 e. The predicted molar refractivity (Wildman–Crippen MR) is 81.6 cm³/mol. The Morgan fingerprint density at radius 2 is 1.15 bits per heavy atom. The van der Waals surface area contributed by atoms with Crippen LogP contribution >= 0.6 is 16.5 Å². The van der Waals surface area contributed by atoms with E-state index in [-0.39, 0.29) is 0 Å². The number of hydrogen-bond donors (Lipinski definition) is 3. The Kier molecular flexibility index (Phi) is 21.3. The SMILES string of the molecule is CCCCCCCCCCCCN.O=[P+](O)O[P+](=O)O. The standard InChI is InChI=1S/C12H27N.O5P2/c1-2-3-4-5-6-7-8-9-10-11-12-13;1-6(2)5-7(3)4/h2-13H2,1H3;/p+2. The lowest BCUT2D eigenvalue weighted by Crippen LogP contribution is -1.97. The van der Waals surface area contributed by atoms with Crippen molar-refractivity contribution in [2.45, 2.75) is 71.1 Å². The molecule has 0 aromatic rings. The van der Waals surface area contributed by atoms with Crippen molar-refractivity contribution < 1.29 is 23.2 Å². The van der Waals surface area contributed by atoms with Crippen molar-refractivity contribution >= 4 is 16.5 Å². The second-order valence-electron chi connectivity index (χ2n) is 4.53. The van der Waals surface area contributed by atoms with E-state index in [1.54, 1.807) is 0 Å². The number of hydrogen-bond acceptors (Lipinski definition) is 4. The van der Waals surface area contributed by atoms with Crippen LogP contribution in [0.5, 0.6) is 0 Å². The molecule has 0 amide bonds. The molecule has 0 rings (SSSR count). The monoisotopic (exact) mass is 329 g/mol. The molecule has 2 atom stereocenters. The average Bonchev–Trinajstić information content (AvgIpc) is 2.36. The first-order chi connectivity index (χ1) is 9.54. The van der Waals surface area contributed by atoms with E-state index >= 15 is 0 Å². The van der Waals surface area contributed by atoms with Gasteiger partial charge in [-0.1, -0.05) is 64.7 Å². The van der Waals surface area contributed by atoms with Crippen LogP contribution in [0.25, 0.3) is 0 Å². The summed E-state index contributed by atoms with van der Waals surface area (Å²) in [7, 11) is -5.85. The van der Waals surface area contributed by atoms with Crippen molar-refractivity contribution in [1.29, 1.82) is 0 Å². The summed E-state index contributed by atoms with van der Waals surface area (Å²) in [6.45, 7) is 3.14. The fourth-order valence-corrected chi connectivity index (χ4v) is 2.17. The summed E-state index contributed by atoms with van der Waals surface area (Å²) < 4.78 is 22.2. The third-order valence-corrected chi connectivity index (χ3v) is 3.81. The zero-order chi connectivity index (χ0) is 15.6. The van der Waals surface area contributed by atoms with Crippen LogP contribution in [-0.4, -0.2) is 16.3 Å². The van der Waals surface area contributed by atoms with Crippen LogP contribution in [0.3, 0.4) is 0 Å². The maximum atomic E-state index is 9.39. The zero-order valence-corrected chi connectivity index (χ0v) is 14.2. The molecule has 2 unspecified atom stereocenters. The molecule has 0 saturated carbocycles. The Morgan fingerprint density at radius 1 is 0.800 bits per heavy atom. The first kappa shape index (κ1) is 22.3. The molecule has 0 aromatic carbocycles. The topological polar surface area (TPSA) is 110 Å². The molecule has 4 N–H and O–H groups in total. The van der Waals surface area contributed by atoms with Crippen LogP contribution in [0.15, 0.2) is 0 Å². The third kappa shape index (κ3) is 26.6. The van der Waals surface area contributed by atoms with Crippen LogP contribution in [0, 0.1) is 0 Å². The van der Waals surface area contributed by atoms with Gasteiger partial charge in [-0.05, 0) is 13.0 Å². The summed E-state index contributed by atoms with van der Waals surface area (Å²) >= 11 is 0. The maximum absolute atomic E-state index is 9.39. The normalized spacial score (nSPS) is 11.6. The van der Waals surface area contributed by atoms with E-state index in [2.05, 4.69) is 11.2 Å². The Balaban J connectivity index is 0. The Morgan fingerprint density at radius 3 is 1.40 bits per heavy atom. The molecular formula is C12H29NO5P2+2. The summed E-state index contributed by atoms with van der Waals surface area (Å²) in [5, 5.41) is 0. The van der Waals surface area contributed by atoms with Gasteiger partial charge in [0.05, 0.1) is 0 Å². The second kappa shape index (κ2) is 19.0.